The molecule has 0 aromatic heterocycles. The van der Waals surface area contributed by atoms with Gasteiger partial charge in [-0.1, -0.05) is 0 Å². The summed E-state index contributed by atoms with van der Waals surface area (Å²) in [5.74, 6) is 1.27. The van der Waals surface area contributed by atoms with E-state index in [-0.39, 0.29) is 12.5 Å². The molecule has 2 aliphatic heterocycles. The van der Waals surface area contributed by atoms with Gasteiger partial charge in [-0.2, -0.15) is 0 Å². The molecule has 0 radical (unpaired) electrons. The molecule has 0 saturated heterocycles. The van der Waals surface area contributed by atoms with Crippen molar-refractivity contribution in [3.05, 3.63) is 17.7 Å². The largest absolute Gasteiger partial charge is 0.486 e. The van der Waals surface area contributed by atoms with Crippen molar-refractivity contribution in [3.63, 3.8) is 0 Å². The first-order valence-electron chi connectivity index (χ1n) is 5.49. The summed E-state index contributed by atoms with van der Waals surface area (Å²) in [5, 5.41) is 2.81. The van der Waals surface area contributed by atoms with Crippen LogP contribution >= 0.6 is 0 Å². The summed E-state index contributed by atoms with van der Waals surface area (Å²) in [6.45, 7) is 3.13. The number of ether oxygens (including phenoxy) is 2. The van der Waals surface area contributed by atoms with Crippen molar-refractivity contribution in [1.82, 2.24) is 0 Å². The predicted octanol–water partition coefficient (Wildman–Crippen LogP) is 1.22. The van der Waals surface area contributed by atoms with E-state index in [0.717, 1.165) is 17.0 Å². The highest BCUT2D eigenvalue weighted by Gasteiger charge is 2.20. The van der Waals surface area contributed by atoms with Gasteiger partial charge in [0.05, 0.1) is 5.69 Å². The Balaban J connectivity index is 2.14. The first kappa shape index (κ1) is 10.1. The monoisotopic (exact) mass is 232 g/mol. The van der Waals surface area contributed by atoms with Crippen molar-refractivity contribution in [3.8, 4) is 11.5 Å². The maximum absolute atomic E-state index is 11.5. The van der Waals surface area contributed by atoms with Gasteiger partial charge in [-0.3, -0.25) is 9.79 Å². The highest BCUT2D eigenvalue weighted by molar-refractivity contribution is 6.10. The Labute approximate surface area is 98.4 Å². The standard InChI is InChI=1S/C12H12N2O3/c1-7-8-4-10-11(17-3-2-16-10)5-9(8)14-12(15)6-13-7/h4-5H,2-3,6H2,1H3,(H,14,15). The molecule has 2 aliphatic rings. The van der Waals surface area contributed by atoms with Crippen molar-refractivity contribution < 1.29 is 14.3 Å². The number of amides is 1. The number of carbonyl (C=O) groups excluding carboxylic acids is 1. The highest BCUT2D eigenvalue weighted by atomic mass is 16.6. The summed E-state index contributed by atoms with van der Waals surface area (Å²) in [6.07, 6.45) is 0. The number of anilines is 1. The molecule has 0 unspecified atom stereocenters. The number of carbonyl (C=O) groups is 1. The van der Waals surface area contributed by atoms with Gasteiger partial charge in [-0.25, -0.2) is 0 Å². The van der Waals surface area contributed by atoms with Crippen LogP contribution < -0.4 is 14.8 Å². The second kappa shape index (κ2) is 3.76. The molecule has 1 aromatic rings. The summed E-state index contributed by atoms with van der Waals surface area (Å²) < 4.78 is 11.0. The van der Waals surface area contributed by atoms with Gasteiger partial charge in [-0.05, 0) is 13.0 Å². The molecule has 17 heavy (non-hydrogen) atoms. The van der Waals surface area contributed by atoms with E-state index >= 15 is 0 Å². The molecule has 5 heteroatoms. The predicted molar refractivity (Wildman–Crippen MR) is 63.1 cm³/mol. The van der Waals surface area contributed by atoms with E-state index in [9.17, 15) is 4.79 Å². The Morgan fingerprint density at radius 1 is 1.24 bits per heavy atom. The number of rotatable bonds is 0. The fraction of sp³-hybridized carbons (Fsp3) is 0.333. The smallest absolute Gasteiger partial charge is 0.246 e. The summed E-state index contributed by atoms with van der Waals surface area (Å²) >= 11 is 0. The van der Waals surface area contributed by atoms with Gasteiger partial charge in [0.25, 0.3) is 0 Å². The second-order valence-electron chi connectivity index (χ2n) is 3.99. The maximum Gasteiger partial charge on any atom is 0.246 e. The second-order valence-corrected chi connectivity index (χ2v) is 3.99. The van der Waals surface area contributed by atoms with Crippen molar-refractivity contribution in [2.45, 2.75) is 6.92 Å². The van der Waals surface area contributed by atoms with Crippen LogP contribution in [0.5, 0.6) is 11.5 Å². The van der Waals surface area contributed by atoms with Crippen LogP contribution in [-0.2, 0) is 4.79 Å². The normalized spacial score (nSPS) is 17.7. The van der Waals surface area contributed by atoms with E-state index in [4.69, 9.17) is 9.47 Å². The molecule has 1 N–H and O–H groups in total. The Kier molecular flexibility index (Phi) is 2.24. The molecule has 2 heterocycles. The molecule has 1 amide bonds. The van der Waals surface area contributed by atoms with Gasteiger partial charge < -0.3 is 14.8 Å². The van der Waals surface area contributed by atoms with E-state index in [0.29, 0.717) is 24.7 Å². The number of hydrogen-bond acceptors (Lipinski definition) is 4. The fourth-order valence-corrected chi connectivity index (χ4v) is 1.96. The Hall–Kier alpha value is -2.04. The number of fused-ring (bicyclic) bond motifs is 2. The fourth-order valence-electron chi connectivity index (χ4n) is 1.96. The zero-order chi connectivity index (χ0) is 11.8. The number of benzene rings is 1. The van der Waals surface area contributed by atoms with Crippen LogP contribution in [-0.4, -0.2) is 31.4 Å². The average Bonchev–Trinajstić information content (AvgIpc) is 2.47. The number of nitrogens with zero attached hydrogens (tertiary/aromatic N) is 1. The van der Waals surface area contributed by atoms with Gasteiger partial charge >= 0.3 is 0 Å². The van der Waals surface area contributed by atoms with Gasteiger partial charge in [0.2, 0.25) is 5.91 Å². The third kappa shape index (κ3) is 1.73. The molecule has 0 spiro atoms. The van der Waals surface area contributed by atoms with Crippen LogP contribution in [0.15, 0.2) is 17.1 Å². The quantitative estimate of drug-likeness (QED) is 0.731. The molecular weight excluding hydrogens is 220 g/mol. The van der Waals surface area contributed by atoms with Gasteiger partial charge in [0.15, 0.2) is 11.5 Å². The van der Waals surface area contributed by atoms with E-state index in [1.165, 1.54) is 0 Å². The Morgan fingerprint density at radius 3 is 2.71 bits per heavy atom. The van der Waals surface area contributed by atoms with Crippen molar-refractivity contribution in [1.29, 1.82) is 0 Å². The van der Waals surface area contributed by atoms with E-state index < -0.39 is 0 Å². The average molecular weight is 232 g/mol. The lowest BCUT2D eigenvalue weighted by atomic mass is 10.1. The van der Waals surface area contributed by atoms with Crippen LogP contribution in [0.25, 0.3) is 0 Å². The number of aliphatic imine (C=N–C) groups is 1. The number of hydrogen-bond donors (Lipinski definition) is 1. The van der Waals surface area contributed by atoms with Crippen molar-refractivity contribution in [2.24, 2.45) is 4.99 Å². The van der Waals surface area contributed by atoms with Crippen LogP contribution in [0.2, 0.25) is 0 Å². The summed E-state index contributed by atoms with van der Waals surface area (Å²) in [5.41, 5.74) is 2.45. The number of nitrogens with one attached hydrogen (secondary N) is 1. The SMILES string of the molecule is CC1=NCC(=O)Nc2cc3c(cc21)OCCO3. The highest BCUT2D eigenvalue weighted by Crippen LogP contribution is 2.36. The Bertz CT molecular complexity index is 523. The molecule has 0 saturated carbocycles. The molecule has 3 rings (SSSR count). The third-order valence-corrected chi connectivity index (χ3v) is 2.81. The molecule has 5 nitrogen and oxygen atoms in total. The third-order valence-electron chi connectivity index (χ3n) is 2.81. The lowest BCUT2D eigenvalue weighted by Gasteiger charge is -2.20. The Morgan fingerprint density at radius 2 is 1.94 bits per heavy atom. The zero-order valence-electron chi connectivity index (χ0n) is 9.45. The summed E-state index contributed by atoms with van der Waals surface area (Å²) in [6, 6.07) is 3.67. The summed E-state index contributed by atoms with van der Waals surface area (Å²) in [7, 11) is 0. The molecule has 88 valence electrons. The van der Waals surface area contributed by atoms with Crippen LogP contribution in [0, 0.1) is 0 Å². The zero-order valence-corrected chi connectivity index (χ0v) is 9.45. The first-order valence-corrected chi connectivity index (χ1v) is 5.49. The van der Waals surface area contributed by atoms with Crippen molar-refractivity contribution >= 4 is 17.3 Å². The minimum Gasteiger partial charge on any atom is -0.486 e. The van der Waals surface area contributed by atoms with Crippen molar-refractivity contribution in [2.75, 3.05) is 25.1 Å². The van der Waals surface area contributed by atoms with Gasteiger partial charge in [0.1, 0.15) is 19.8 Å². The summed E-state index contributed by atoms with van der Waals surface area (Å²) in [4.78, 5) is 15.7. The van der Waals surface area contributed by atoms with Gasteiger partial charge in [0, 0.05) is 17.3 Å². The molecule has 0 fully saturated rings. The molecule has 0 aliphatic carbocycles. The van der Waals surface area contributed by atoms with Gasteiger partial charge in [-0.15, -0.1) is 0 Å². The minimum absolute atomic E-state index is 0.111. The molecule has 0 atom stereocenters. The maximum atomic E-state index is 11.5. The molecule has 0 bridgehead atoms. The minimum atomic E-state index is -0.111. The van der Waals surface area contributed by atoms with E-state index in [2.05, 4.69) is 10.3 Å². The molecular formula is C12H12N2O3. The van der Waals surface area contributed by atoms with Crippen LogP contribution in [0.3, 0.4) is 0 Å². The topological polar surface area (TPSA) is 59.9 Å². The van der Waals surface area contributed by atoms with E-state index in [1.54, 1.807) is 6.07 Å². The molecule has 1 aromatic carbocycles. The lowest BCUT2D eigenvalue weighted by molar-refractivity contribution is -0.114. The lowest BCUT2D eigenvalue weighted by Crippen LogP contribution is -2.17. The van der Waals surface area contributed by atoms with Crippen LogP contribution in [0.4, 0.5) is 5.69 Å². The first-order chi connectivity index (χ1) is 8.24. The van der Waals surface area contributed by atoms with E-state index in [1.807, 2.05) is 13.0 Å². The van der Waals surface area contributed by atoms with Crippen LogP contribution in [0.1, 0.15) is 12.5 Å².